The van der Waals surface area contributed by atoms with Gasteiger partial charge >= 0.3 is 0 Å². The molecule has 0 radical (unpaired) electrons. The van der Waals surface area contributed by atoms with Crippen molar-refractivity contribution < 1.29 is 19.3 Å². The lowest BCUT2D eigenvalue weighted by Gasteiger charge is -2.33. The fourth-order valence-electron chi connectivity index (χ4n) is 4.44. The molecule has 4 rings (SSSR count). The average molecular weight is 421 g/mol. The molecular formula is C23H23N3O5. The first-order chi connectivity index (χ1) is 14.9. The predicted molar refractivity (Wildman–Crippen MR) is 114 cm³/mol. The quantitative estimate of drug-likeness (QED) is 0.417. The highest BCUT2D eigenvalue weighted by Crippen LogP contribution is 2.33. The summed E-state index contributed by atoms with van der Waals surface area (Å²) in [6.45, 7) is 1.92. The van der Waals surface area contributed by atoms with Crippen molar-refractivity contribution in [1.82, 2.24) is 4.90 Å². The standard InChI is InChI=1S/C23H23N3O5/c1-15-9-11-18(12-10-15)25-21(27)14-20(23(25)29)24(17-6-2-3-7-17)22(28)16-5-4-8-19(13-16)26(30)31/h4-5,8-13,17,20H,2-3,6-7,14H2,1H3. The minimum absolute atomic E-state index is 0.0934. The van der Waals surface area contributed by atoms with Gasteiger partial charge in [0.2, 0.25) is 5.91 Å². The van der Waals surface area contributed by atoms with Crippen LogP contribution in [0.3, 0.4) is 0 Å². The molecule has 31 heavy (non-hydrogen) atoms. The number of carbonyl (C=O) groups excluding carboxylic acids is 3. The predicted octanol–water partition coefficient (Wildman–Crippen LogP) is 3.62. The van der Waals surface area contributed by atoms with Crippen LogP contribution in [0.5, 0.6) is 0 Å². The smallest absolute Gasteiger partial charge is 0.270 e. The lowest BCUT2D eigenvalue weighted by atomic mass is 10.1. The normalized spacial score (nSPS) is 19.1. The van der Waals surface area contributed by atoms with Crippen molar-refractivity contribution in [2.24, 2.45) is 0 Å². The van der Waals surface area contributed by atoms with E-state index in [-0.39, 0.29) is 29.6 Å². The largest absolute Gasteiger partial charge is 0.323 e. The summed E-state index contributed by atoms with van der Waals surface area (Å²) in [6, 6.07) is 11.5. The van der Waals surface area contributed by atoms with Crippen LogP contribution in [-0.2, 0) is 9.59 Å². The Kier molecular flexibility index (Phi) is 5.54. The third-order valence-corrected chi connectivity index (χ3v) is 6.01. The van der Waals surface area contributed by atoms with Gasteiger partial charge in [0, 0.05) is 23.7 Å². The van der Waals surface area contributed by atoms with E-state index in [1.165, 1.54) is 29.2 Å². The number of imide groups is 1. The molecule has 2 fully saturated rings. The van der Waals surface area contributed by atoms with Gasteiger partial charge in [-0.25, -0.2) is 4.90 Å². The van der Waals surface area contributed by atoms with E-state index in [1.807, 2.05) is 19.1 Å². The SMILES string of the molecule is Cc1ccc(N2C(=O)CC(N(C(=O)c3cccc([N+](=O)[O-])c3)C3CCCC3)C2=O)cc1. The molecule has 0 spiro atoms. The van der Waals surface area contributed by atoms with Crippen LogP contribution >= 0.6 is 0 Å². The van der Waals surface area contributed by atoms with Crippen LogP contribution in [0.25, 0.3) is 0 Å². The van der Waals surface area contributed by atoms with Crippen molar-refractivity contribution in [2.75, 3.05) is 4.90 Å². The Labute approximate surface area is 179 Å². The van der Waals surface area contributed by atoms with E-state index in [9.17, 15) is 24.5 Å². The van der Waals surface area contributed by atoms with Crippen molar-refractivity contribution >= 4 is 29.1 Å². The molecule has 2 aliphatic rings. The van der Waals surface area contributed by atoms with Crippen LogP contribution in [0.2, 0.25) is 0 Å². The number of aryl methyl sites for hydroxylation is 1. The fourth-order valence-corrected chi connectivity index (χ4v) is 4.44. The highest BCUT2D eigenvalue weighted by atomic mass is 16.6. The van der Waals surface area contributed by atoms with E-state index in [1.54, 1.807) is 12.1 Å². The van der Waals surface area contributed by atoms with Crippen LogP contribution in [0.4, 0.5) is 11.4 Å². The maximum absolute atomic E-state index is 13.5. The third-order valence-electron chi connectivity index (χ3n) is 6.01. The van der Waals surface area contributed by atoms with Gasteiger partial charge in [0.25, 0.3) is 17.5 Å². The summed E-state index contributed by atoms with van der Waals surface area (Å²) in [5.41, 5.74) is 1.45. The van der Waals surface area contributed by atoms with E-state index in [0.29, 0.717) is 5.69 Å². The molecule has 8 nitrogen and oxygen atoms in total. The first kappa shape index (κ1) is 20.7. The van der Waals surface area contributed by atoms with Crippen molar-refractivity contribution in [3.05, 3.63) is 69.8 Å². The Morgan fingerprint density at radius 1 is 1.10 bits per heavy atom. The molecule has 0 N–H and O–H groups in total. The second kappa shape index (κ2) is 8.29. The molecule has 1 aliphatic heterocycles. The van der Waals surface area contributed by atoms with Gasteiger partial charge in [-0.15, -0.1) is 0 Å². The number of benzene rings is 2. The highest BCUT2D eigenvalue weighted by molar-refractivity contribution is 6.23. The number of hydrogen-bond donors (Lipinski definition) is 0. The van der Waals surface area contributed by atoms with Gasteiger partial charge in [-0.05, 0) is 38.0 Å². The first-order valence-corrected chi connectivity index (χ1v) is 10.4. The highest BCUT2D eigenvalue weighted by Gasteiger charge is 2.47. The second-order valence-corrected chi connectivity index (χ2v) is 8.08. The lowest BCUT2D eigenvalue weighted by Crippen LogP contribution is -2.50. The van der Waals surface area contributed by atoms with E-state index in [2.05, 4.69) is 0 Å². The zero-order chi connectivity index (χ0) is 22.1. The zero-order valence-electron chi connectivity index (χ0n) is 17.2. The Morgan fingerprint density at radius 3 is 2.42 bits per heavy atom. The topological polar surface area (TPSA) is 101 Å². The molecule has 1 unspecified atom stereocenters. The van der Waals surface area contributed by atoms with Gasteiger partial charge in [-0.2, -0.15) is 0 Å². The lowest BCUT2D eigenvalue weighted by molar-refractivity contribution is -0.384. The number of carbonyl (C=O) groups is 3. The number of rotatable bonds is 5. The molecule has 1 heterocycles. The Morgan fingerprint density at radius 2 is 1.77 bits per heavy atom. The maximum atomic E-state index is 13.5. The molecule has 3 amide bonds. The van der Waals surface area contributed by atoms with Crippen molar-refractivity contribution in [1.29, 1.82) is 0 Å². The number of nitrogens with zero attached hydrogens (tertiary/aromatic N) is 3. The first-order valence-electron chi connectivity index (χ1n) is 10.4. The maximum Gasteiger partial charge on any atom is 0.270 e. The van der Waals surface area contributed by atoms with E-state index < -0.39 is 22.8 Å². The third kappa shape index (κ3) is 3.93. The van der Waals surface area contributed by atoms with Gasteiger partial charge in [0.15, 0.2) is 0 Å². The molecule has 160 valence electrons. The number of amides is 3. The number of non-ortho nitro benzene ring substituents is 1. The number of hydrogen-bond acceptors (Lipinski definition) is 5. The molecule has 1 saturated carbocycles. The minimum atomic E-state index is -0.913. The molecule has 1 aliphatic carbocycles. The molecule has 0 aromatic heterocycles. The average Bonchev–Trinajstić information content (AvgIpc) is 3.38. The minimum Gasteiger partial charge on any atom is -0.323 e. The van der Waals surface area contributed by atoms with E-state index in [0.717, 1.165) is 36.1 Å². The Hall–Kier alpha value is -3.55. The number of nitro benzene ring substituents is 1. The molecule has 1 saturated heterocycles. The van der Waals surface area contributed by atoms with Crippen LogP contribution in [0.15, 0.2) is 48.5 Å². The summed E-state index contributed by atoms with van der Waals surface area (Å²) in [6.07, 6.45) is 3.25. The number of nitro groups is 1. The van der Waals surface area contributed by atoms with Crippen molar-refractivity contribution in [3.8, 4) is 0 Å². The number of anilines is 1. The zero-order valence-corrected chi connectivity index (χ0v) is 17.2. The van der Waals surface area contributed by atoms with Gasteiger partial charge in [0.1, 0.15) is 6.04 Å². The Bertz CT molecular complexity index is 1040. The van der Waals surface area contributed by atoms with E-state index in [4.69, 9.17) is 0 Å². The molecule has 1 atom stereocenters. The summed E-state index contributed by atoms with van der Waals surface area (Å²) in [7, 11) is 0. The summed E-state index contributed by atoms with van der Waals surface area (Å²) in [4.78, 5) is 52.8. The monoisotopic (exact) mass is 421 g/mol. The Balaban J connectivity index is 1.68. The summed E-state index contributed by atoms with van der Waals surface area (Å²) < 4.78 is 0. The van der Waals surface area contributed by atoms with Crippen LogP contribution in [0.1, 0.15) is 48.0 Å². The molecular weight excluding hydrogens is 398 g/mol. The van der Waals surface area contributed by atoms with Crippen LogP contribution in [-0.4, -0.2) is 39.6 Å². The molecule has 2 aromatic carbocycles. The molecule has 2 aromatic rings. The van der Waals surface area contributed by atoms with Gasteiger partial charge in [-0.1, -0.05) is 36.6 Å². The van der Waals surface area contributed by atoms with Crippen LogP contribution in [0, 0.1) is 17.0 Å². The summed E-state index contributed by atoms with van der Waals surface area (Å²) in [5, 5.41) is 11.2. The second-order valence-electron chi connectivity index (χ2n) is 8.08. The van der Waals surface area contributed by atoms with Crippen molar-refractivity contribution in [3.63, 3.8) is 0 Å². The van der Waals surface area contributed by atoms with Crippen molar-refractivity contribution in [2.45, 2.75) is 51.1 Å². The van der Waals surface area contributed by atoms with Gasteiger partial charge < -0.3 is 4.90 Å². The molecule has 8 heteroatoms. The van der Waals surface area contributed by atoms with Crippen LogP contribution < -0.4 is 4.90 Å². The van der Waals surface area contributed by atoms with Gasteiger partial charge in [0.05, 0.1) is 17.0 Å². The summed E-state index contributed by atoms with van der Waals surface area (Å²) in [5.74, 6) is -1.24. The summed E-state index contributed by atoms with van der Waals surface area (Å²) >= 11 is 0. The fraction of sp³-hybridized carbons (Fsp3) is 0.348. The molecule has 0 bridgehead atoms. The van der Waals surface area contributed by atoms with E-state index >= 15 is 0 Å². The van der Waals surface area contributed by atoms with Gasteiger partial charge in [-0.3, -0.25) is 24.5 Å².